The van der Waals surface area contributed by atoms with E-state index in [9.17, 15) is 4.79 Å². The molecule has 0 radical (unpaired) electrons. The molecular weight excluding hydrogens is 228 g/mol. The number of hydrogen-bond acceptors (Lipinski definition) is 4. The van der Waals surface area contributed by atoms with Gasteiger partial charge in [-0.1, -0.05) is 0 Å². The van der Waals surface area contributed by atoms with Gasteiger partial charge in [0.05, 0.1) is 6.04 Å². The highest BCUT2D eigenvalue weighted by Gasteiger charge is 2.25. The maximum atomic E-state index is 11.6. The van der Waals surface area contributed by atoms with E-state index in [1.807, 2.05) is 25.1 Å². The molecule has 1 aromatic heterocycles. The van der Waals surface area contributed by atoms with Gasteiger partial charge in [-0.2, -0.15) is 0 Å². The van der Waals surface area contributed by atoms with Crippen LogP contribution in [0.2, 0.25) is 0 Å². The fourth-order valence-electron chi connectivity index (χ4n) is 2.07. The maximum Gasteiger partial charge on any atom is 0.252 e. The van der Waals surface area contributed by atoms with Gasteiger partial charge in [0, 0.05) is 17.4 Å². The van der Waals surface area contributed by atoms with E-state index in [-0.39, 0.29) is 11.9 Å². The van der Waals surface area contributed by atoms with Crippen molar-refractivity contribution in [3.05, 3.63) is 47.9 Å². The summed E-state index contributed by atoms with van der Waals surface area (Å²) in [6.07, 6.45) is 3.17. The van der Waals surface area contributed by atoms with Gasteiger partial charge in [0.2, 0.25) is 0 Å². The van der Waals surface area contributed by atoms with Crippen LogP contribution >= 0.6 is 0 Å². The summed E-state index contributed by atoms with van der Waals surface area (Å²) in [5, 5.41) is 6.06. The van der Waals surface area contributed by atoms with E-state index in [0.717, 1.165) is 22.6 Å². The van der Waals surface area contributed by atoms with Crippen LogP contribution in [0.5, 0.6) is 0 Å². The van der Waals surface area contributed by atoms with E-state index in [0.29, 0.717) is 0 Å². The second-order valence-electron chi connectivity index (χ2n) is 4.22. The van der Waals surface area contributed by atoms with Crippen LogP contribution in [0.25, 0.3) is 0 Å². The standard InChI is InChI=1S/C13H12N4O/c1-8-11-6-9(2-3-10(11)13(18)16-8)17-12-4-5-14-7-15-12/h2-8H,1H3,(H,16,18)(H,14,15,17). The molecule has 1 unspecified atom stereocenters. The zero-order chi connectivity index (χ0) is 12.5. The van der Waals surface area contributed by atoms with Gasteiger partial charge in [-0.25, -0.2) is 9.97 Å². The zero-order valence-electron chi connectivity index (χ0n) is 9.84. The number of aromatic nitrogens is 2. The third-order valence-corrected chi connectivity index (χ3v) is 2.96. The van der Waals surface area contributed by atoms with E-state index in [4.69, 9.17) is 0 Å². The Morgan fingerprint density at radius 3 is 3.00 bits per heavy atom. The summed E-state index contributed by atoms with van der Waals surface area (Å²) in [6, 6.07) is 7.52. The molecule has 0 aliphatic carbocycles. The van der Waals surface area contributed by atoms with E-state index < -0.39 is 0 Å². The summed E-state index contributed by atoms with van der Waals surface area (Å²) in [6.45, 7) is 1.97. The van der Waals surface area contributed by atoms with E-state index in [1.54, 1.807) is 12.3 Å². The number of anilines is 2. The van der Waals surface area contributed by atoms with Gasteiger partial charge in [-0.05, 0) is 36.8 Å². The number of carbonyl (C=O) groups excluding carboxylic acids is 1. The van der Waals surface area contributed by atoms with Gasteiger partial charge >= 0.3 is 0 Å². The monoisotopic (exact) mass is 240 g/mol. The molecule has 1 aliphatic rings. The Balaban J connectivity index is 1.92. The molecule has 2 heterocycles. The van der Waals surface area contributed by atoms with Crippen LogP contribution in [0.15, 0.2) is 36.8 Å². The van der Waals surface area contributed by atoms with Crippen LogP contribution in [0.3, 0.4) is 0 Å². The molecule has 1 aromatic carbocycles. The van der Waals surface area contributed by atoms with Crippen LogP contribution in [0, 0.1) is 0 Å². The van der Waals surface area contributed by atoms with E-state index in [2.05, 4.69) is 20.6 Å². The molecule has 0 fully saturated rings. The Hall–Kier alpha value is -2.43. The molecule has 0 spiro atoms. The molecule has 1 amide bonds. The van der Waals surface area contributed by atoms with Crippen molar-refractivity contribution in [2.24, 2.45) is 0 Å². The topological polar surface area (TPSA) is 66.9 Å². The molecule has 3 rings (SSSR count). The molecule has 5 nitrogen and oxygen atoms in total. The first-order valence-electron chi connectivity index (χ1n) is 5.72. The van der Waals surface area contributed by atoms with Crippen molar-refractivity contribution in [2.45, 2.75) is 13.0 Å². The Labute approximate surface area is 104 Å². The number of hydrogen-bond donors (Lipinski definition) is 2. The molecule has 1 aliphatic heterocycles. The number of nitrogens with zero attached hydrogens (tertiary/aromatic N) is 2. The third-order valence-electron chi connectivity index (χ3n) is 2.96. The molecule has 2 N–H and O–H groups in total. The summed E-state index contributed by atoms with van der Waals surface area (Å²) in [5.74, 6) is 0.723. The smallest absolute Gasteiger partial charge is 0.252 e. The van der Waals surface area contributed by atoms with Crippen molar-refractivity contribution in [3.63, 3.8) is 0 Å². The predicted molar refractivity (Wildman–Crippen MR) is 67.6 cm³/mol. The average molecular weight is 240 g/mol. The van der Waals surface area contributed by atoms with Crippen LogP contribution in [0.1, 0.15) is 28.9 Å². The van der Waals surface area contributed by atoms with E-state index in [1.165, 1.54) is 6.33 Å². The first-order valence-corrected chi connectivity index (χ1v) is 5.72. The molecule has 1 atom stereocenters. The number of amides is 1. The quantitative estimate of drug-likeness (QED) is 0.842. The van der Waals surface area contributed by atoms with Crippen molar-refractivity contribution in [1.82, 2.24) is 15.3 Å². The largest absolute Gasteiger partial charge is 0.345 e. The summed E-state index contributed by atoms with van der Waals surface area (Å²) in [7, 11) is 0. The van der Waals surface area contributed by atoms with Gasteiger partial charge in [0.1, 0.15) is 12.1 Å². The minimum atomic E-state index is -0.00825. The lowest BCUT2D eigenvalue weighted by atomic mass is 10.1. The Morgan fingerprint density at radius 2 is 2.22 bits per heavy atom. The lowest BCUT2D eigenvalue weighted by Gasteiger charge is -2.08. The second kappa shape index (κ2) is 4.10. The minimum Gasteiger partial charge on any atom is -0.345 e. The SMILES string of the molecule is CC1NC(=O)c2ccc(Nc3ccncn3)cc21. The van der Waals surface area contributed by atoms with Gasteiger partial charge in [-0.15, -0.1) is 0 Å². The van der Waals surface area contributed by atoms with Crippen molar-refractivity contribution in [3.8, 4) is 0 Å². The highest BCUT2D eigenvalue weighted by Crippen LogP contribution is 2.28. The van der Waals surface area contributed by atoms with Crippen LogP contribution in [0.4, 0.5) is 11.5 Å². The summed E-state index contributed by atoms with van der Waals surface area (Å²) < 4.78 is 0. The molecule has 0 saturated heterocycles. The Morgan fingerprint density at radius 1 is 1.33 bits per heavy atom. The summed E-state index contributed by atoms with van der Waals surface area (Å²) >= 11 is 0. The highest BCUT2D eigenvalue weighted by atomic mass is 16.2. The second-order valence-corrected chi connectivity index (χ2v) is 4.22. The molecule has 2 aromatic rings. The molecule has 0 saturated carbocycles. The third kappa shape index (κ3) is 1.79. The zero-order valence-corrected chi connectivity index (χ0v) is 9.84. The Bertz CT molecular complexity index is 597. The van der Waals surface area contributed by atoms with Crippen molar-refractivity contribution >= 4 is 17.4 Å². The Kier molecular flexibility index (Phi) is 2.44. The van der Waals surface area contributed by atoms with Crippen molar-refractivity contribution < 1.29 is 4.79 Å². The van der Waals surface area contributed by atoms with Crippen LogP contribution in [-0.2, 0) is 0 Å². The average Bonchev–Trinajstić information content (AvgIpc) is 2.66. The molecule has 90 valence electrons. The fraction of sp³-hybridized carbons (Fsp3) is 0.154. The molecular formula is C13H12N4O. The van der Waals surface area contributed by atoms with Crippen LogP contribution in [-0.4, -0.2) is 15.9 Å². The lowest BCUT2D eigenvalue weighted by Crippen LogP contribution is -2.16. The minimum absolute atomic E-state index is 0.00825. The highest BCUT2D eigenvalue weighted by molar-refractivity contribution is 5.99. The van der Waals surface area contributed by atoms with Crippen molar-refractivity contribution in [1.29, 1.82) is 0 Å². The molecule has 5 heteroatoms. The fourth-order valence-corrected chi connectivity index (χ4v) is 2.07. The number of rotatable bonds is 2. The van der Waals surface area contributed by atoms with Crippen molar-refractivity contribution in [2.75, 3.05) is 5.32 Å². The van der Waals surface area contributed by atoms with Gasteiger partial charge < -0.3 is 10.6 Å². The van der Waals surface area contributed by atoms with Gasteiger partial charge in [0.15, 0.2) is 0 Å². The predicted octanol–water partition coefficient (Wildman–Crippen LogP) is 2.02. The number of fused-ring (bicyclic) bond motifs is 1. The maximum absolute atomic E-state index is 11.6. The summed E-state index contributed by atoms with van der Waals surface area (Å²) in [5.41, 5.74) is 2.67. The lowest BCUT2D eigenvalue weighted by molar-refractivity contribution is 0.0958. The number of benzene rings is 1. The molecule has 18 heavy (non-hydrogen) atoms. The molecule has 0 bridgehead atoms. The van der Waals surface area contributed by atoms with E-state index >= 15 is 0 Å². The number of nitrogens with one attached hydrogen (secondary N) is 2. The first kappa shape index (κ1) is 10.7. The number of carbonyl (C=O) groups is 1. The van der Waals surface area contributed by atoms with Gasteiger partial charge in [-0.3, -0.25) is 4.79 Å². The summed E-state index contributed by atoms with van der Waals surface area (Å²) in [4.78, 5) is 19.6. The first-order chi connectivity index (χ1) is 8.74. The van der Waals surface area contributed by atoms with Gasteiger partial charge in [0.25, 0.3) is 5.91 Å². The normalized spacial score (nSPS) is 17.2. The van der Waals surface area contributed by atoms with Crippen LogP contribution < -0.4 is 10.6 Å².